The summed E-state index contributed by atoms with van der Waals surface area (Å²) >= 11 is 0.327. The van der Waals surface area contributed by atoms with Crippen LogP contribution in [0.1, 0.15) is 48.6 Å². The summed E-state index contributed by atoms with van der Waals surface area (Å²) < 4.78 is 37.3. The van der Waals surface area contributed by atoms with Gasteiger partial charge in [0.25, 0.3) is 5.91 Å². The molecule has 0 bridgehead atoms. The molecule has 0 aromatic carbocycles. The van der Waals surface area contributed by atoms with Crippen LogP contribution in [0.2, 0.25) is 0 Å². The number of nitrogens with zero attached hydrogens (tertiary/aromatic N) is 1. The third-order valence-corrected chi connectivity index (χ3v) is 4.09. The SMILES string of the molecule is CCC(CC)(CC(=O)O)NC(=O)c1csc(C(F)(F)F)n1. The number of hydrogen-bond donors (Lipinski definition) is 2. The van der Waals surface area contributed by atoms with Gasteiger partial charge in [-0.15, -0.1) is 11.3 Å². The molecule has 1 aromatic heterocycles. The zero-order valence-corrected chi connectivity index (χ0v) is 12.3. The van der Waals surface area contributed by atoms with Crippen molar-refractivity contribution in [1.29, 1.82) is 0 Å². The van der Waals surface area contributed by atoms with Gasteiger partial charge in [-0.2, -0.15) is 13.2 Å². The second kappa shape index (κ2) is 6.42. The van der Waals surface area contributed by atoms with E-state index in [-0.39, 0.29) is 12.1 Å². The Morgan fingerprint density at radius 2 is 1.90 bits per heavy atom. The third-order valence-electron chi connectivity index (χ3n) is 3.20. The molecule has 0 unspecified atom stereocenters. The Hall–Kier alpha value is -1.64. The normalized spacial score (nSPS) is 12.2. The van der Waals surface area contributed by atoms with E-state index in [2.05, 4.69) is 10.3 Å². The molecule has 21 heavy (non-hydrogen) atoms. The number of aliphatic carboxylic acids is 1. The number of halogens is 3. The largest absolute Gasteiger partial charge is 0.481 e. The lowest BCUT2D eigenvalue weighted by molar-refractivity contribution is -0.139. The highest BCUT2D eigenvalue weighted by Gasteiger charge is 2.36. The Kier molecular flexibility index (Phi) is 5.32. The number of amides is 1. The van der Waals surface area contributed by atoms with Crippen molar-refractivity contribution in [2.75, 3.05) is 0 Å². The summed E-state index contributed by atoms with van der Waals surface area (Å²) in [7, 11) is 0. The molecule has 2 N–H and O–H groups in total. The van der Waals surface area contributed by atoms with Crippen LogP contribution in [0.25, 0.3) is 0 Å². The molecule has 0 radical (unpaired) electrons. The number of carboxylic acid groups (broad SMARTS) is 1. The van der Waals surface area contributed by atoms with Crippen molar-refractivity contribution >= 4 is 23.2 Å². The van der Waals surface area contributed by atoms with Crippen LogP contribution in [0.4, 0.5) is 13.2 Å². The standard InChI is InChI=1S/C12H15F3N2O3S/c1-3-11(4-2,5-8(18)19)17-9(20)7-6-21-10(16-7)12(13,14)15/h6H,3-5H2,1-2H3,(H,17,20)(H,18,19). The maximum atomic E-state index is 12.4. The molecular weight excluding hydrogens is 309 g/mol. The molecule has 0 aliphatic rings. The summed E-state index contributed by atoms with van der Waals surface area (Å²) in [5.41, 5.74) is -1.35. The van der Waals surface area contributed by atoms with Crippen molar-refractivity contribution in [1.82, 2.24) is 10.3 Å². The van der Waals surface area contributed by atoms with Crippen molar-refractivity contribution < 1.29 is 27.9 Å². The molecular formula is C12H15F3N2O3S. The average Bonchev–Trinajstić information content (AvgIpc) is 2.86. The Morgan fingerprint density at radius 1 is 1.33 bits per heavy atom. The monoisotopic (exact) mass is 324 g/mol. The molecule has 1 rings (SSSR count). The first-order valence-corrected chi connectivity index (χ1v) is 7.08. The highest BCUT2D eigenvalue weighted by molar-refractivity contribution is 7.09. The van der Waals surface area contributed by atoms with Crippen molar-refractivity contribution in [2.45, 2.75) is 44.8 Å². The number of thiazole rings is 1. The van der Waals surface area contributed by atoms with Gasteiger partial charge in [-0.1, -0.05) is 13.8 Å². The molecule has 0 fully saturated rings. The van der Waals surface area contributed by atoms with Crippen LogP contribution in [0.5, 0.6) is 0 Å². The summed E-state index contributed by atoms with van der Waals surface area (Å²) in [6, 6.07) is 0. The van der Waals surface area contributed by atoms with Crippen LogP contribution in [0, 0.1) is 0 Å². The fourth-order valence-electron chi connectivity index (χ4n) is 1.82. The molecule has 0 aliphatic carbocycles. The minimum absolute atomic E-state index is 0.304. The van der Waals surface area contributed by atoms with E-state index < -0.39 is 28.6 Å². The van der Waals surface area contributed by atoms with Crippen LogP contribution in [0.15, 0.2) is 5.38 Å². The van der Waals surface area contributed by atoms with Crippen LogP contribution >= 0.6 is 11.3 Å². The third kappa shape index (κ3) is 4.42. The summed E-state index contributed by atoms with van der Waals surface area (Å²) in [6.45, 7) is 3.41. The van der Waals surface area contributed by atoms with Crippen molar-refractivity contribution in [3.63, 3.8) is 0 Å². The second-order valence-electron chi connectivity index (χ2n) is 4.55. The highest BCUT2D eigenvalue weighted by Crippen LogP contribution is 2.31. The second-order valence-corrected chi connectivity index (χ2v) is 5.41. The van der Waals surface area contributed by atoms with E-state index in [1.54, 1.807) is 13.8 Å². The molecule has 5 nitrogen and oxygen atoms in total. The van der Waals surface area contributed by atoms with E-state index in [1.807, 2.05) is 0 Å². The van der Waals surface area contributed by atoms with Gasteiger partial charge in [-0.25, -0.2) is 4.98 Å². The zero-order valence-electron chi connectivity index (χ0n) is 11.5. The van der Waals surface area contributed by atoms with Gasteiger partial charge >= 0.3 is 12.1 Å². The fourth-order valence-corrected chi connectivity index (χ4v) is 2.49. The number of carbonyl (C=O) groups excluding carboxylic acids is 1. The zero-order chi connectivity index (χ0) is 16.3. The highest BCUT2D eigenvalue weighted by atomic mass is 32.1. The summed E-state index contributed by atoms with van der Waals surface area (Å²) in [5.74, 6) is -1.89. The van der Waals surface area contributed by atoms with E-state index in [0.717, 1.165) is 5.38 Å². The Bertz CT molecular complexity index is 524. The molecule has 1 aromatic rings. The van der Waals surface area contributed by atoms with Crippen molar-refractivity contribution in [3.8, 4) is 0 Å². The number of nitrogens with one attached hydrogen (secondary N) is 1. The van der Waals surface area contributed by atoms with Gasteiger partial charge in [0.15, 0.2) is 5.01 Å². The van der Waals surface area contributed by atoms with Gasteiger partial charge in [0.2, 0.25) is 0 Å². The lowest BCUT2D eigenvalue weighted by Gasteiger charge is -2.31. The molecule has 0 saturated carbocycles. The number of carboxylic acids is 1. The minimum Gasteiger partial charge on any atom is -0.481 e. The van der Waals surface area contributed by atoms with Crippen LogP contribution in [-0.4, -0.2) is 27.5 Å². The quantitative estimate of drug-likeness (QED) is 0.843. The van der Waals surface area contributed by atoms with Crippen LogP contribution in [0.3, 0.4) is 0 Å². The van der Waals surface area contributed by atoms with Gasteiger partial charge in [0.05, 0.1) is 12.0 Å². The van der Waals surface area contributed by atoms with E-state index in [0.29, 0.717) is 24.2 Å². The maximum absolute atomic E-state index is 12.4. The van der Waals surface area contributed by atoms with Crippen molar-refractivity contribution in [2.24, 2.45) is 0 Å². The van der Waals surface area contributed by atoms with Gasteiger partial charge in [-0.05, 0) is 12.8 Å². The summed E-state index contributed by atoms with van der Waals surface area (Å²) in [6.07, 6.45) is -4.21. The molecule has 0 aliphatic heterocycles. The lowest BCUT2D eigenvalue weighted by atomic mass is 9.89. The van der Waals surface area contributed by atoms with E-state index >= 15 is 0 Å². The first-order valence-electron chi connectivity index (χ1n) is 6.20. The Labute approximate surface area is 123 Å². The Morgan fingerprint density at radius 3 is 2.29 bits per heavy atom. The number of hydrogen-bond acceptors (Lipinski definition) is 4. The maximum Gasteiger partial charge on any atom is 0.443 e. The number of rotatable bonds is 6. The fraction of sp³-hybridized carbons (Fsp3) is 0.583. The predicted molar refractivity (Wildman–Crippen MR) is 70.1 cm³/mol. The first kappa shape index (κ1) is 17.4. The predicted octanol–water partition coefficient (Wildman–Crippen LogP) is 2.93. The van der Waals surface area contributed by atoms with E-state index in [9.17, 15) is 22.8 Å². The van der Waals surface area contributed by atoms with Gasteiger partial charge in [0.1, 0.15) is 5.69 Å². The molecule has 0 saturated heterocycles. The Balaban J connectivity index is 2.92. The summed E-state index contributed by atoms with van der Waals surface area (Å²) in [4.78, 5) is 26.1. The van der Waals surface area contributed by atoms with Gasteiger partial charge in [0, 0.05) is 5.38 Å². The summed E-state index contributed by atoms with van der Waals surface area (Å²) in [5, 5.41) is 11.3. The number of aromatic nitrogens is 1. The van der Waals surface area contributed by atoms with Crippen LogP contribution < -0.4 is 5.32 Å². The minimum atomic E-state index is -4.60. The molecule has 0 spiro atoms. The molecule has 1 amide bonds. The average molecular weight is 324 g/mol. The lowest BCUT2D eigenvalue weighted by Crippen LogP contribution is -2.49. The number of alkyl halides is 3. The first-order chi connectivity index (χ1) is 9.63. The van der Waals surface area contributed by atoms with Crippen LogP contribution in [-0.2, 0) is 11.0 Å². The van der Waals surface area contributed by atoms with Gasteiger partial charge < -0.3 is 10.4 Å². The van der Waals surface area contributed by atoms with E-state index in [1.165, 1.54) is 0 Å². The van der Waals surface area contributed by atoms with E-state index in [4.69, 9.17) is 5.11 Å². The smallest absolute Gasteiger partial charge is 0.443 e. The number of carbonyl (C=O) groups is 2. The van der Waals surface area contributed by atoms with Crippen molar-refractivity contribution in [3.05, 3.63) is 16.1 Å². The molecule has 1 heterocycles. The molecule has 9 heteroatoms. The topological polar surface area (TPSA) is 79.3 Å². The molecule has 0 atom stereocenters. The molecule has 118 valence electrons. The van der Waals surface area contributed by atoms with Gasteiger partial charge in [-0.3, -0.25) is 9.59 Å².